The van der Waals surface area contributed by atoms with E-state index in [1.165, 1.54) is 23.2 Å². The molecule has 1 N–H and O–H groups in total. The molecule has 1 unspecified atom stereocenters. The van der Waals surface area contributed by atoms with Gasteiger partial charge in [-0.05, 0) is 41.9 Å². The van der Waals surface area contributed by atoms with E-state index in [0.29, 0.717) is 30.0 Å². The maximum Gasteiger partial charge on any atom is 0.263 e. The number of ether oxygens (including phenoxy) is 2. The van der Waals surface area contributed by atoms with Crippen LogP contribution < -0.4 is 15.0 Å². The predicted octanol–water partition coefficient (Wildman–Crippen LogP) is 1.67. The summed E-state index contributed by atoms with van der Waals surface area (Å²) in [6.45, 7) is 1.85. The largest absolute Gasteiger partial charge is 0.494 e. The Kier molecular flexibility index (Phi) is 5.20. The van der Waals surface area contributed by atoms with Crippen molar-refractivity contribution in [2.75, 3.05) is 20.8 Å². The van der Waals surface area contributed by atoms with Crippen molar-refractivity contribution >= 4 is 18.1 Å². The van der Waals surface area contributed by atoms with Gasteiger partial charge in [0.25, 0.3) is 5.56 Å². The van der Waals surface area contributed by atoms with E-state index in [2.05, 4.69) is 0 Å². The number of aromatic nitrogens is 2. The minimum atomic E-state index is -0.762. The van der Waals surface area contributed by atoms with Gasteiger partial charge in [0, 0.05) is 27.6 Å². The van der Waals surface area contributed by atoms with Gasteiger partial charge in [-0.1, -0.05) is 0 Å². The van der Waals surface area contributed by atoms with Crippen molar-refractivity contribution < 1.29 is 19.4 Å². The monoisotopic (exact) mass is 405 g/mol. The van der Waals surface area contributed by atoms with Gasteiger partial charge < -0.3 is 19.5 Å². The normalized spacial score (nSPS) is 15.9. The summed E-state index contributed by atoms with van der Waals surface area (Å²) in [4.78, 5) is 27.0. The number of hydrogen-bond donors (Lipinski definition) is 1. The fourth-order valence-electron chi connectivity index (χ4n) is 3.70. The van der Waals surface area contributed by atoms with Gasteiger partial charge in [-0.2, -0.15) is 0 Å². The lowest BCUT2D eigenvalue weighted by Crippen LogP contribution is -2.42. The molecule has 0 saturated carbocycles. The van der Waals surface area contributed by atoms with Crippen LogP contribution in [0.4, 0.5) is 0 Å². The van der Waals surface area contributed by atoms with E-state index in [0.717, 1.165) is 5.56 Å². The molecule has 8 nitrogen and oxygen atoms in total. The Hall–Kier alpha value is -2.81. The molecule has 0 bridgehead atoms. The highest BCUT2D eigenvalue weighted by molar-refractivity contribution is 7.71. The Bertz CT molecular complexity index is 1070. The Balaban J connectivity index is 2.38. The third kappa shape index (κ3) is 2.95. The van der Waals surface area contributed by atoms with Gasteiger partial charge in [0.15, 0.2) is 16.3 Å². The summed E-state index contributed by atoms with van der Waals surface area (Å²) in [5, 5.41) is 10.8. The highest BCUT2D eigenvalue weighted by Crippen LogP contribution is 2.42. The van der Waals surface area contributed by atoms with Crippen molar-refractivity contribution in [3.8, 4) is 17.4 Å². The number of hydrogen-bond acceptors (Lipinski definition) is 6. The summed E-state index contributed by atoms with van der Waals surface area (Å²) >= 11 is 5.21. The van der Waals surface area contributed by atoms with Crippen LogP contribution >= 0.6 is 12.2 Å². The van der Waals surface area contributed by atoms with Crippen molar-refractivity contribution in [1.82, 2.24) is 14.0 Å². The molecule has 1 aromatic carbocycles. The lowest BCUT2D eigenvalue weighted by Gasteiger charge is -2.37. The molecule has 0 radical (unpaired) electrons. The van der Waals surface area contributed by atoms with Crippen molar-refractivity contribution in [3.05, 3.63) is 43.9 Å². The van der Waals surface area contributed by atoms with Gasteiger partial charge in [-0.3, -0.25) is 18.7 Å². The van der Waals surface area contributed by atoms with Gasteiger partial charge in [0.2, 0.25) is 11.8 Å². The first-order valence-corrected chi connectivity index (χ1v) is 9.14. The van der Waals surface area contributed by atoms with Crippen molar-refractivity contribution in [2.24, 2.45) is 14.1 Å². The molecule has 1 aromatic heterocycles. The number of methoxy groups -OCH3 is 2. The standard InChI is InChI=1S/C19H23N3O5S/c1-10(23)22-7-6-11-8-13(26-4)14(27-5)9-12(11)16(22)15-17(24)20(2)19(28)21(3)18(15)25/h8-9,16,24H,6-7H2,1-5H3. The van der Waals surface area contributed by atoms with Crippen LogP contribution in [0.3, 0.4) is 0 Å². The predicted molar refractivity (Wildman–Crippen MR) is 106 cm³/mol. The van der Waals surface area contributed by atoms with Crippen LogP contribution in [0.15, 0.2) is 16.9 Å². The fraction of sp³-hybridized carbons (Fsp3) is 0.421. The number of benzene rings is 1. The molecule has 2 aromatic rings. The minimum absolute atomic E-state index is 0.0990. The first-order valence-electron chi connectivity index (χ1n) is 8.73. The summed E-state index contributed by atoms with van der Waals surface area (Å²) < 4.78 is 13.6. The van der Waals surface area contributed by atoms with Crippen molar-refractivity contribution in [1.29, 1.82) is 0 Å². The third-order valence-corrected chi connectivity index (χ3v) is 5.77. The first kappa shape index (κ1) is 19.9. The maximum absolute atomic E-state index is 13.0. The molecule has 2 heterocycles. The van der Waals surface area contributed by atoms with Crippen LogP contribution in [-0.4, -0.2) is 45.8 Å². The number of amides is 1. The highest BCUT2D eigenvalue weighted by Gasteiger charge is 2.36. The first-order chi connectivity index (χ1) is 13.2. The highest BCUT2D eigenvalue weighted by atomic mass is 32.1. The molecule has 0 fully saturated rings. The third-order valence-electron chi connectivity index (χ3n) is 5.22. The van der Waals surface area contributed by atoms with Crippen LogP contribution in [0.2, 0.25) is 0 Å². The van der Waals surface area contributed by atoms with Crippen molar-refractivity contribution in [2.45, 2.75) is 19.4 Å². The summed E-state index contributed by atoms with van der Waals surface area (Å²) in [6, 6.07) is 2.84. The Morgan fingerprint density at radius 2 is 1.79 bits per heavy atom. The number of carbonyl (C=O) groups excluding carboxylic acids is 1. The average molecular weight is 405 g/mol. The average Bonchev–Trinajstić information content (AvgIpc) is 2.69. The second-order valence-electron chi connectivity index (χ2n) is 6.71. The van der Waals surface area contributed by atoms with E-state index in [9.17, 15) is 14.7 Å². The van der Waals surface area contributed by atoms with Gasteiger partial charge >= 0.3 is 0 Å². The second-order valence-corrected chi connectivity index (χ2v) is 7.08. The van der Waals surface area contributed by atoms with Crippen molar-refractivity contribution in [3.63, 3.8) is 0 Å². The smallest absolute Gasteiger partial charge is 0.263 e. The zero-order chi connectivity index (χ0) is 20.7. The summed E-state index contributed by atoms with van der Waals surface area (Å²) in [5.74, 6) is 0.598. The quantitative estimate of drug-likeness (QED) is 0.782. The SMILES string of the molecule is COc1cc2c(cc1OC)C(c1c(O)n(C)c(=S)n(C)c1=O)N(C(C)=O)CC2. The topological polar surface area (TPSA) is 85.9 Å². The van der Waals surface area contributed by atoms with Crippen LogP contribution in [-0.2, 0) is 25.3 Å². The lowest BCUT2D eigenvalue weighted by atomic mass is 9.88. The van der Waals surface area contributed by atoms with Crippen LogP contribution in [0.5, 0.6) is 17.4 Å². The molecule has 3 rings (SSSR count). The number of rotatable bonds is 3. The maximum atomic E-state index is 13.0. The molecule has 0 spiro atoms. The summed E-state index contributed by atoms with van der Waals surface area (Å²) in [7, 11) is 6.20. The molecule has 1 amide bonds. The number of nitrogens with zero attached hydrogens (tertiary/aromatic N) is 3. The summed E-state index contributed by atoms with van der Waals surface area (Å²) in [5.41, 5.74) is 1.29. The Morgan fingerprint density at radius 3 is 2.36 bits per heavy atom. The zero-order valence-electron chi connectivity index (χ0n) is 16.5. The van der Waals surface area contributed by atoms with Gasteiger partial charge in [-0.25, -0.2) is 0 Å². The van der Waals surface area contributed by atoms with Gasteiger partial charge in [-0.15, -0.1) is 0 Å². The molecule has 28 heavy (non-hydrogen) atoms. The molecule has 0 saturated heterocycles. The van der Waals surface area contributed by atoms with Gasteiger partial charge in [0.05, 0.1) is 20.3 Å². The van der Waals surface area contributed by atoms with E-state index in [4.69, 9.17) is 21.7 Å². The lowest BCUT2D eigenvalue weighted by molar-refractivity contribution is -0.130. The molecule has 0 aliphatic carbocycles. The van der Waals surface area contributed by atoms with Crippen LogP contribution in [0, 0.1) is 4.77 Å². The van der Waals surface area contributed by atoms with Gasteiger partial charge in [0.1, 0.15) is 5.56 Å². The van der Waals surface area contributed by atoms with E-state index >= 15 is 0 Å². The van der Waals surface area contributed by atoms with E-state index in [1.54, 1.807) is 32.2 Å². The van der Waals surface area contributed by atoms with E-state index in [-0.39, 0.29) is 22.1 Å². The molecule has 9 heteroatoms. The minimum Gasteiger partial charge on any atom is -0.494 e. The fourth-order valence-corrected chi connectivity index (χ4v) is 3.86. The van der Waals surface area contributed by atoms with E-state index < -0.39 is 11.6 Å². The molecular formula is C19H23N3O5S. The van der Waals surface area contributed by atoms with E-state index in [1.807, 2.05) is 6.07 Å². The Labute approximate surface area is 167 Å². The number of carbonyl (C=O) groups is 1. The second kappa shape index (κ2) is 7.31. The Morgan fingerprint density at radius 1 is 1.18 bits per heavy atom. The summed E-state index contributed by atoms with van der Waals surface area (Å²) in [6.07, 6.45) is 0.595. The zero-order valence-corrected chi connectivity index (χ0v) is 17.3. The molecular weight excluding hydrogens is 382 g/mol. The van der Waals surface area contributed by atoms with Crippen LogP contribution in [0.1, 0.15) is 29.7 Å². The molecule has 1 aliphatic heterocycles. The number of fused-ring (bicyclic) bond motifs is 1. The molecule has 1 atom stereocenters. The number of aromatic hydroxyl groups is 1. The van der Waals surface area contributed by atoms with Crippen LogP contribution in [0.25, 0.3) is 0 Å². The molecule has 150 valence electrons. The molecule has 1 aliphatic rings.